The molecule has 16 nitrogen and oxygen atoms in total. The molecule has 20 heteroatoms. The number of aromatic carboxylic acids is 1. The lowest BCUT2D eigenvalue weighted by molar-refractivity contribution is -0.437. The van der Waals surface area contributed by atoms with Crippen LogP contribution in [0, 0.1) is 0 Å². The highest BCUT2D eigenvalue weighted by Gasteiger charge is 2.48. The number of carbonyl (C=O) groups is 1. The first-order valence-electron chi connectivity index (χ1n) is 15.5. The molecular weight excluding hydrogens is 765 g/mol. The van der Waals surface area contributed by atoms with Crippen LogP contribution in [0.2, 0.25) is 0 Å². The number of allylic oxidation sites excluding steroid dienone is 6. The van der Waals surface area contributed by atoms with E-state index in [1.165, 1.54) is 17.0 Å². The van der Waals surface area contributed by atoms with E-state index in [9.17, 15) is 61.8 Å². The zero-order valence-electron chi connectivity index (χ0n) is 28.4. The van der Waals surface area contributed by atoms with Crippen LogP contribution in [0.3, 0.4) is 0 Å². The first kappa shape index (κ1) is 41.0. The predicted molar refractivity (Wildman–Crippen MR) is 189 cm³/mol. The van der Waals surface area contributed by atoms with Crippen molar-refractivity contribution in [3.8, 4) is 0 Å². The molecule has 0 spiro atoms. The lowest BCUT2D eigenvalue weighted by Crippen LogP contribution is -2.29. The Labute approximate surface area is 302 Å². The molecule has 0 saturated carbocycles. The molecule has 0 aliphatic carbocycles. The highest BCUT2D eigenvalue weighted by atomic mass is 32.2. The molecule has 2 aromatic rings. The molecule has 0 atom stereocenters. The van der Waals surface area contributed by atoms with Gasteiger partial charge in [-0.1, -0.05) is 38.1 Å². The predicted octanol–water partition coefficient (Wildman–Crippen LogP) is 3.26. The van der Waals surface area contributed by atoms with Gasteiger partial charge in [0.25, 0.3) is 30.4 Å². The maximum absolute atomic E-state index is 12.3. The fourth-order valence-electron chi connectivity index (χ4n) is 6.81. The van der Waals surface area contributed by atoms with Gasteiger partial charge in [0, 0.05) is 53.2 Å². The molecular formula is C32H38N2O14S4. The van der Waals surface area contributed by atoms with Crippen LogP contribution >= 0.6 is 0 Å². The Balaban J connectivity index is 1.80. The number of nitrogens with zero attached hydrogens (tertiary/aromatic N) is 2. The largest absolute Gasteiger partial charge is 0.748 e. The van der Waals surface area contributed by atoms with Gasteiger partial charge >= 0.3 is 5.97 Å². The van der Waals surface area contributed by atoms with Crippen molar-refractivity contribution in [1.82, 2.24) is 0 Å². The van der Waals surface area contributed by atoms with Crippen LogP contribution in [0.1, 0.15) is 62.0 Å². The van der Waals surface area contributed by atoms with E-state index >= 15 is 0 Å². The normalized spacial score (nSPS) is 18.2. The van der Waals surface area contributed by atoms with Gasteiger partial charge in [-0.05, 0) is 44.5 Å². The number of hydrogen-bond donors (Lipinski definition) is 4. The van der Waals surface area contributed by atoms with Gasteiger partial charge in [0.1, 0.15) is 11.4 Å². The van der Waals surface area contributed by atoms with Gasteiger partial charge < -0.3 is 14.6 Å². The molecule has 0 bridgehead atoms. The standard InChI is InChI=1S/C32H38N2O14S4/c1-31(2)26(34(16-10-18-50(40,41)42)24-20-21(51(43,44)45)19-22(28(24)31)30(35)36)13-6-5-7-14-27-32(3,4)29-23(11-8-12-25(29)52(46,47)48)33(27)15-9-17-49(37,38)39/h5-8,11-14,19-20H,9-10,15-18H2,1-4H3,(H4-,35,36,37,38,39,40,41,42,43,44,45,46,47,48). The lowest BCUT2D eigenvalue weighted by Gasteiger charge is -2.27. The van der Waals surface area contributed by atoms with E-state index in [1.807, 2.05) is 0 Å². The second-order valence-corrected chi connectivity index (χ2v) is 19.2. The summed E-state index contributed by atoms with van der Waals surface area (Å²) in [7, 11) is -18.5. The number of hydrogen-bond acceptors (Lipinski definition) is 11. The average molecular weight is 803 g/mol. The van der Waals surface area contributed by atoms with Crippen molar-refractivity contribution in [3.63, 3.8) is 0 Å². The minimum absolute atomic E-state index is 0.0166. The maximum atomic E-state index is 12.3. The zero-order valence-corrected chi connectivity index (χ0v) is 31.7. The fourth-order valence-corrected chi connectivity index (χ4v) is 9.18. The molecule has 0 radical (unpaired) electrons. The molecule has 4 N–H and O–H groups in total. The van der Waals surface area contributed by atoms with Gasteiger partial charge in [-0.2, -0.15) is 29.8 Å². The molecule has 0 unspecified atom stereocenters. The van der Waals surface area contributed by atoms with Gasteiger partial charge in [-0.15, -0.1) is 0 Å². The molecule has 0 fully saturated rings. The van der Waals surface area contributed by atoms with E-state index in [2.05, 4.69) is 0 Å². The van der Waals surface area contributed by atoms with Crippen molar-refractivity contribution >= 4 is 63.5 Å². The Kier molecular flexibility index (Phi) is 11.2. The van der Waals surface area contributed by atoms with Crippen LogP contribution in [0.5, 0.6) is 0 Å². The first-order valence-corrected chi connectivity index (χ1v) is 21.6. The molecule has 52 heavy (non-hydrogen) atoms. The van der Waals surface area contributed by atoms with Crippen LogP contribution in [0.15, 0.2) is 76.2 Å². The third-order valence-electron chi connectivity index (χ3n) is 8.89. The Morgan fingerprint density at radius 1 is 0.846 bits per heavy atom. The second kappa shape index (κ2) is 14.2. The minimum atomic E-state index is -4.86. The SMILES string of the molecule is CC1(C)C(/C=C/C=C/C=C2/N(CCCS(=O)(=O)O)c3cc(S(=O)(=O)O)cc(C(=O)O)c3C2(C)C)=[N+](CCCS(=O)(=O)[O-])c2cccc(S(=O)(=O)O)c21. The molecule has 2 heterocycles. The summed E-state index contributed by atoms with van der Waals surface area (Å²) >= 11 is 0. The van der Waals surface area contributed by atoms with Crippen molar-refractivity contribution in [2.24, 2.45) is 0 Å². The van der Waals surface area contributed by atoms with E-state index < -0.39 is 79.2 Å². The molecule has 2 aromatic carbocycles. The van der Waals surface area contributed by atoms with E-state index in [1.54, 1.807) is 68.7 Å². The quantitative estimate of drug-likeness (QED) is 0.121. The van der Waals surface area contributed by atoms with E-state index in [0.717, 1.165) is 12.1 Å². The summed E-state index contributed by atoms with van der Waals surface area (Å²) in [4.78, 5) is 12.8. The van der Waals surface area contributed by atoms with Crippen LogP contribution in [-0.4, -0.2) is 97.8 Å². The number of fused-ring (bicyclic) bond motifs is 2. The molecule has 0 amide bonds. The first-order chi connectivity index (χ1) is 23.7. The molecule has 2 aliphatic rings. The summed E-state index contributed by atoms with van der Waals surface area (Å²) in [6.07, 6.45) is 7.71. The smallest absolute Gasteiger partial charge is 0.336 e. The van der Waals surface area contributed by atoms with Gasteiger partial charge in [0.15, 0.2) is 5.71 Å². The van der Waals surface area contributed by atoms with Gasteiger partial charge in [0.2, 0.25) is 5.69 Å². The third-order valence-corrected chi connectivity index (χ3v) is 12.2. The van der Waals surface area contributed by atoms with Gasteiger partial charge in [-0.3, -0.25) is 13.7 Å². The van der Waals surface area contributed by atoms with E-state index in [-0.39, 0.29) is 47.6 Å². The van der Waals surface area contributed by atoms with Crippen molar-refractivity contribution in [3.05, 3.63) is 83.1 Å². The second-order valence-electron chi connectivity index (χ2n) is 13.3. The number of carboxylic acids is 1. The molecule has 284 valence electrons. The number of rotatable bonds is 14. The summed E-state index contributed by atoms with van der Waals surface area (Å²) in [5.74, 6) is -2.79. The van der Waals surface area contributed by atoms with Crippen LogP contribution in [-0.2, 0) is 51.3 Å². The van der Waals surface area contributed by atoms with Crippen molar-refractivity contribution < 1.29 is 66.4 Å². The highest BCUT2D eigenvalue weighted by molar-refractivity contribution is 7.86. The van der Waals surface area contributed by atoms with E-state index in [0.29, 0.717) is 17.1 Å². The zero-order chi connectivity index (χ0) is 39.2. The summed E-state index contributed by atoms with van der Waals surface area (Å²) in [5.41, 5.74) is -0.706. The van der Waals surface area contributed by atoms with Crippen molar-refractivity contribution in [1.29, 1.82) is 0 Å². The van der Waals surface area contributed by atoms with Crippen LogP contribution < -0.4 is 4.90 Å². The number of anilines is 1. The van der Waals surface area contributed by atoms with Gasteiger partial charge in [-0.25, -0.2) is 13.2 Å². The Bertz CT molecular complexity index is 2390. The molecule has 2 aliphatic heterocycles. The van der Waals surface area contributed by atoms with Crippen LogP contribution in [0.4, 0.5) is 11.4 Å². The van der Waals surface area contributed by atoms with Crippen molar-refractivity contribution in [2.45, 2.75) is 61.2 Å². The summed E-state index contributed by atoms with van der Waals surface area (Å²) in [6.45, 7) is 6.67. The van der Waals surface area contributed by atoms with Crippen LogP contribution in [0.25, 0.3) is 0 Å². The monoisotopic (exact) mass is 802 g/mol. The third kappa shape index (κ3) is 8.71. The highest BCUT2D eigenvalue weighted by Crippen LogP contribution is 2.50. The Morgan fingerprint density at radius 3 is 2.06 bits per heavy atom. The number of carboxylic acid groups (broad SMARTS) is 1. The topological polar surface area (TPSA) is 264 Å². The minimum Gasteiger partial charge on any atom is -0.748 e. The number of benzene rings is 2. The molecule has 0 aromatic heterocycles. The molecule has 4 rings (SSSR count). The lowest BCUT2D eigenvalue weighted by atomic mass is 9.81. The Hall–Kier alpha value is -3.76. The maximum Gasteiger partial charge on any atom is 0.336 e. The molecule has 0 saturated heterocycles. The van der Waals surface area contributed by atoms with Crippen molar-refractivity contribution in [2.75, 3.05) is 29.5 Å². The summed E-state index contributed by atoms with van der Waals surface area (Å²) < 4.78 is 136. The fraction of sp³-hybridized carbons (Fsp3) is 0.375. The summed E-state index contributed by atoms with van der Waals surface area (Å²) in [6, 6.07) is 6.19. The Morgan fingerprint density at radius 2 is 1.50 bits per heavy atom. The average Bonchev–Trinajstić information content (AvgIpc) is 3.33. The summed E-state index contributed by atoms with van der Waals surface area (Å²) in [5, 5.41) is 10.0. The van der Waals surface area contributed by atoms with Gasteiger partial charge in [0.05, 0.1) is 37.3 Å². The van der Waals surface area contributed by atoms with E-state index in [4.69, 9.17) is 0 Å².